The van der Waals surface area contributed by atoms with Crippen LogP contribution in [0, 0.1) is 0 Å². The van der Waals surface area contributed by atoms with E-state index in [9.17, 15) is 5.11 Å². The van der Waals surface area contributed by atoms with Gasteiger partial charge in [0.15, 0.2) is 0 Å². The van der Waals surface area contributed by atoms with Crippen LogP contribution in [0.1, 0.15) is 43.7 Å². The first-order valence-electron chi connectivity index (χ1n) is 4.85. The topological polar surface area (TPSA) is 77.0 Å². The Labute approximate surface area is 83.9 Å². The van der Waals surface area contributed by atoms with Crippen LogP contribution in [-0.4, -0.2) is 26.6 Å². The Hall–Kier alpha value is -0.940. The molecule has 0 bridgehead atoms. The highest BCUT2D eigenvalue weighted by atomic mass is 16.3. The SMILES string of the molecule is CC(C)c1c(C(O)CCN)nnn1C. The van der Waals surface area contributed by atoms with Gasteiger partial charge < -0.3 is 10.8 Å². The van der Waals surface area contributed by atoms with Crippen LogP contribution in [0.3, 0.4) is 0 Å². The van der Waals surface area contributed by atoms with Gasteiger partial charge in [-0.2, -0.15) is 0 Å². The molecular formula is C9H18N4O. The van der Waals surface area contributed by atoms with Gasteiger partial charge in [0.25, 0.3) is 0 Å². The summed E-state index contributed by atoms with van der Waals surface area (Å²) < 4.78 is 1.71. The predicted octanol–water partition coefficient (Wildman–Crippen LogP) is 0.321. The van der Waals surface area contributed by atoms with Crippen LogP contribution in [0.25, 0.3) is 0 Å². The van der Waals surface area contributed by atoms with Crippen molar-refractivity contribution >= 4 is 0 Å². The molecule has 0 radical (unpaired) electrons. The van der Waals surface area contributed by atoms with Gasteiger partial charge in [-0.3, -0.25) is 4.68 Å². The first-order valence-corrected chi connectivity index (χ1v) is 4.85. The molecule has 1 unspecified atom stereocenters. The molecule has 80 valence electrons. The molecular weight excluding hydrogens is 180 g/mol. The maximum Gasteiger partial charge on any atom is 0.115 e. The smallest absolute Gasteiger partial charge is 0.115 e. The highest BCUT2D eigenvalue weighted by Gasteiger charge is 2.19. The van der Waals surface area contributed by atoms with E-state index in [0.29, 0.717) is 24.6 Å². The molecule has 0 saturated carbocycles. The summed E-state index contributed by atoms with van der Waals surface area (Å²) in [5.41, 5.74) is 7.02. The summed E-state index contributed by atoms with van der Waals surface area (Å²) in [6, 6.07) is 0. The highest BCUT2D eigenvalue weighted by Crippen LogP contribution is 2.23. The third-order valence-electron chi connectivity index (χ3n) is 2.20. The lowest BCUT2D eigenvalue weighted by Gasteiger charge is -2.11. The Morgan fingerprint density at radius 2 is 2.14 bits per heavy atom. The van der Waals surface area contributed by atoms with E-state index in [0.717, 1.165) is 5.69 Å². The molecule has 1 atom stereocenters. The highest BCUT2D eigenvalue weighted by molar-refractivity contribution is 5.16. The molecule has 14 heavy (non-hydrogen) atoms. The molecule has 1 rings (SSSR count). The molecule has 0 aliphatic rings. The van der Waals surface area contributed by atoms with Gasteiger partial charge >= 0.3 is 0 Å². The Bertz CT molecular complexity index is 295. The van der Waals surface area contributed by atoms with Crippen molar-refractivity contribution in [2.75, 3.05) is 6.54 Å². The molecule has 0 aromatic carbocycles. The summed E-state index contributed by atoms with van der Waals surface area (Å²) in [6.45, 7) is 4.56. The monoisotopic (exact) mass is 198 g/mol. The fourth-order valence-corrected chi connectivity index (χ4v) is 1.58. The Morgan fingerprint density at radius 1 is 1.50 bits per heavy atom. The van der Waals surface area contributed by atoms with Crippen LogP contribution in [0.15, 0.2) is 0 Å². The molecule has 0 aliphatic heterocycles. The number of aryl methyl sites for hydroxylation is 1. The molecule has 1 heterocycles. The van der Waals surface area contributed by atoms with Crippen LogP contribution in [0.2, 0.25) is 0 Å². The summed E-state index contributed by atoms with van der Waals surface area (Å²) in [7, 11) is 1.83. The van der Waals surface area contributed by atoms with Crippen molar-refractivity contribution in [2.45, 2.75) is 32.3 Å². The number of rotatable bonds is 4. The molecule has 0 aliphatic carbocycles. The molecule has 0 saturated heterocycles. The summed E-state index contributed by atoms with van der Waals surface area (Å²) in [5.74, 6) is 0.303. The zero-order valence-corrected chi connectivity index (χ0v) is 8.94. The zero-order valence-electron chi connectivity index (χ0n) is 8.94. The molecule has 1 aromatic heterocycles. The fourth-order valence-electron chi connectivity index (χ4n) is 1.58. The number of aliphatic hydroxyl groups is 1. The van der Waals surface area contributed by atoms with Gasteiger partial charge in [-0.05, 0) is 18.9 Å². The van der Waals surface area contributed by atoms with Crippen molar-refractivity contribution in [3.05, 3.63) is 11.4 Å². The van der Waals surface area contributed by atoms with Gasteiger partial charge in [-0.1, -0.05) is 19.1 Å². The van der Waals surface area contributed by atoms with Gasteiger partial charge in [0, 0.05) is 7.05 Å². The normalized spacial score (nSPS) is 13.6. The number of aliphatic hydroxyl groups excluding tert-OH is 1. The molecule has 0 amide bonds. The largest absolute Gasteiger partial charge is 0.387 e. The van der Waals surface area contributed by atoms with Gasteiger partial charge in [0.1, 0.15) is 11.8 Å². The third kappa shape index (κ3) is 2.10. The summed E-state index contributed by atoms with van der Waals surface area (Å²) in [4.78, 5) is 0. The summed E-state index contributed by atoms with van der Waals surface area (Å²) in [5, 5.41) is 17.6. The van der Waals surface area contributed by atoms with Crippen molar-refractivity contribution < 1.29 is 5.11 Å². The van der Waals surface area contributed by atoms with Gasteiger partial charge in [0.2, 0.25) is 0 Å². The number of nitrogens with zero attached hydrogens (tertiary/aromatic N) is 3. The second kappa shape index (κ2) is 4.52. The minimum atomic E-state index is -0.592. The van der Waals surface area contributed by atoms with E-state index in [4.69, 9.17) is 5.73 Å². The minimum absolute atomic E-state index is 0.303. The van der Waals surface area contributed by atoms with Gasteiger partial charge in [-0.15, -0.1) is 5.10 Å². The quantitative estimate of drug-likeness (QED) is 0.730. The van der Waals surface area contributed by atoms with Crippen molar-refractivity contribution in [2.24, 2.45) is 12.8 Å². The van der Waals surface area contributed by atoms with Gasteiger partial charge in [-0.25, -0.2) is 0 Å². The van der Waals surface area contributed by atoms with E-state index >= 15 is 0 Å². The van der Waals surface area contributed by atoms with E-state index < -0.39 is 6.10 Å². The molecule has 0 spiro atoms. The van der Waals surface area contributed by atoms with E-state index in [1.807, 2.05) is 7.05 Å². The maximum absolute atomic E-state index is 9.77. The molecule has 0 fully saturated rings. The van der Waals surface area contributed by atoms with Crippen molar-refractivity contribution in [1.29, 1.82) is 0 Å². The van der Waals surface area contributed by atoms with Crippen molar-refractivity contribution in [3.63, 3.8) is 0 Å². The Morgan fingerprint density at radius 3 is 2.64 bits per heavy atom. The second-order valence-electron chi connectivity index (χ2n) is 3.73. The summed E-state index contributed by atoms with van der Waals surface area (Å²) >= 11 is 0. The molecule has 1 aromatic rings. The molecule has 5 nitrogen and oxygen atoms in total. The lowest BCUT2D eigenvalue weighted by molar-refractivity contribution is 0.164. The standard InChI is InChI=1S/C9H18N4O/c1-6(2)9-8(7(14)4-5-10)11-12-13(9)3/h6-7,14H,4-5,10H2,1-3H3. The fraction of sp³-hybridized carbons (Fsp3) is 0.778. The van der Waals surface area contributed by atoms with Crippen LogP contribution in [0.4, 0.5) is 0 Å². The molecule has 5 heteroatoms. The van der Waals surface area contributed by atoms with Crippen LogP contribution >= 0.6 is 0 Å². The zero-order chi connectivity index (χ0) is 10.7. The first kappa shape index (κ1) is 11.1. The minimum Gasteiger partial charge on any atom is -0.387 e. The average molecular weight is 198 g/mol. The van der Waals surface area contributed by atoms with E-state index in [1.165, 1.54) is 0 Å². The Kier molecular flexibility index (Phi) is 3.60. The van der Waals surface area contributed by atoms with E-state index in [1.54, 1.807) is 4.68 Å². The van der Waals surface area contributed by atoms with Crippen LogP contribution < -0.4 is 5.73 Å². The van der Waals surface area contributed by atoms with Gasteiger partial charge in [0.05, 0.1) is 5.69 Å². The predicted molar refractivity (Wildman–Crippen MR) is 53.7 cm³/mol. The van der Waals surface area contributed by atoms with Crippen LogP contribution in [0.5, 0.6) is 0 Å². The lowest BCUT2D eigenvalue weighted by Crippen LogP contribution is -2.10. The number of aromatic nitrogens is 3. The number of nitrogens with two attached hydrogens (primary N) is 1. The van der Waals surface area contributed by atoms with Crippen molar-refractivity contribution in [3.8, 4) is 0 Å². The third-order valence-corrected chi connectivity index (χ3v) is 2.20. The second-order valence-corrected chi connectivity index (χ2v) is 3.73. The first-order chi connectivity index (χ1) is 6.57. The average Bonchev–Trinajstić information content (AvgIpc) is 2.47. The molecule has 3 N–H and O–H groups in total. The Balaban J connectivity index is 2.96. The van der Waals surface area contributed by atoms with Crippen molar-refractivity contribution in [1.82, 2.24) is 15.0 Å². The maximum atomic E-state index is 9.77. The summed E-state index contributed by atoms with van der Waals surface area (Å²) in [6.07, 6.45) is -0.0654. The number of hydrogen-bond acceptors (Lipinski definition) is 4. The van der Waals surface area contributed by atoms with Crippen LogP contribution in [-0.2, 0) is 7.05 Å². The van der Waals surface area contributed by atoms with E-state index in [-0.39, 0.29) is 0 Å². The van der Waals surface area contributed by atoms with E-state index in [2.05, 4.69) is 24.2 Å². The lowest BCUT2D eigenvalue weighted by atomic mass is 10.0. The number of hydrogen-bond donors (Lipinski definition) is 2.